The van der Waals surface area contributed by atoms with E-state index >= 15 is 0 Å². The normalized spacial score (nSPS) is 37.2. The van der Waals surface area contributed by atoms with Crippen molar-refractivity contribution in [3.63, 3.8) is 0 Å². The number of nitrogens with two attached hydrogens (primary N) is 3. The van der Waals surface area contributed by atoms with Gasteiger partial charge in [-0.25, -0.2) is 24.1 Å². The van der Waals surface area contributed by atoms with Crippen LogP contribution in [0.5, 0.6) is 0 Å². The number of hydrogen-bond acceptors (Lipinski definition) is 17. The number of ether oxygens (including phenoxy) is 2. The van der Waals surface area contributed by atoms with Crippen molar-refractivity contribution in [2.24, 2.45) is 11.5 Å². The highest BCUT2D eigenvalue weighted by Crippen LogP contribution is 2.53. The fourth-order valence-corrected chi connectivity index (χ4v) is 7.58. The van der Waals surface area contributed by atoms with Crippen LogP contribution in [0.25, 0.3) is 22.3 Å². The number of H-pyrrole nitrogens is 2. The Morgan fingerprint density at radius 2 is 1.28 bits per heavy atom. The van der Waals surface area contributed by atoms with Crippen LogP contribution in [0.15, 0.2) is 22.2 Å². The highest BCUT2D eigenvalue weighted by atomic mass is 31.2. The van der Waals surface area contributed by atoms with Gasteiger partial charge >= 0.3 is 15.6 Å². The van der Waals surface area contributed by atoms with Gasteiger partial charge in [-0.15, -0.1) is 0 Å². The van der Waals surface area contributed by atoms with E-state index in [1.54, 1.807) is 6.92 Å². The van der Waals surface area contributed by atoms with Crippen LogP contribution in [0.2, 0.25) is 0 Å². The van der Waals surface area contributed by atoms with Crippen molar-refractivity contribution in [1.29, 1.82) is 0 Å². The third-order valence-corrected chi connectivity index (χ3v) is 9.61. The second kappa shape index (κ2) is 11.1. The van der Waals surface area contributed by atoms with Gasteiger partial charge in [-0.1, -0.05) is 0 Å². The van der Waals surface area contributed by atoms with E-state index in [0.29, 0.717) is 0 Å². The molecule has 4 aromatic heterocycles. The molecule has 7 rings (SSSR count). The largest absolute Gasteiger partial charge is 0.472 e. The molecule has 3 saturated heterocycles. The first-order chi connectivity index (χ1) is 21.7. The summed E-state index contributed by atoms with van der Waals surface area (Å²) in [6, 6.07) is -2.49. The number of fused-ring (bicyclic) bond motifs is 4. The van der Waals surface area contributed by atoms with E-state index in [-0.39, 0.29) is 34.1 Å². The third kappa shape index (κ3) is 5.39. The number of rotatable bonds is 2. The lowest BCUT2D eigenvalue weighted by Crippen LogP contribution is -2.43. The van der Waals surface area contributed by atoms with Crippen molar-refractivity contribution in [1.82, 2.24) is 39.0 Å². The van der Waals surface area contributed by atoms with E-state index in [2.05, 4.69) is 29.9 Å². The van der Waals surface area contributed by atoms with E-state index in [4.69, 9.17) is 44.8 Å². The van der Waals surface area contributed by atoms with Crippen molar-refractivity contribution in [3.8, 4) is 0 Å². The summed E-state index contributed by atoms with van der Waals surface area (Å²) in [5.41, 5.74) is 17.2. The van der Waals surface area contributed by atoms with Crippen LogP contribution in [0.3, 0.4) is 0 Å². The lowest BCUT2D eigenvalue weighted by Gasteiger charge is -2.28. The second-order valence-corrected chi connectivity index (χ2v) is 13.5. The lowest BCUT2D eigenvalue weighted by atomic mass is 10.1. The maximum Gasteiger partial charge on any atom is 0.472 e. The van der Waals surface area contributed by atoms with Gasteiger partial charge in [-0.2, -0.15) is 4.98 Å². The molecule has 10 N–H and O–H groups in total. The number of nitrogen functional groups attached to an aromatic ring is 1. The van der Waals surface area contributed by atoms with Crippen LogP contribution in [-0.4, -0.2) is 98.5 Å². The average Bonchev–Trinajstić information content (AvgIpc) is 3.72. The maximum atomic E-state index is 13.2. The van der Waals surface area contributed by atoms with Crippen LogP contribution in [0.4, 0.5) is 5.95 Å². The number of phosphoric acid groups is 2. The predicted octanol–water partition coefficient (Wildman–Crippen LogP) is -2.39. The molecule has 10 atom stereocenters. The predicted molar refractivity (Wildman–Crippen MR) is 151 cm³/mol. The number of imidazole rings is 2. The SMILES string of the molecule is Cc1nc2c(ncn2[C@@H]2O[C@@H]3COP(=O)(O)O[C@@H]4C(N)[C@H](n5cnc6c(=O)[nH]c(N)nc65)O[C@@H]4COP(=O)(O)O[C@@H]3C2N)c(=O)[nH]1. The number of nitrogens with zero attached hydrogens (tertiary/aromatic N) is 6. The average molecular weight is 687 g/mol. The first-order valence-corrected chi connectivity index (χ1v) is 16.5. The van der Waals surface area contributed by atoms with Crippen molar-refractivity contribution in [2.75, 3.05) is 18.9 Å². The van der Waals surface area contributed by atoms with E-state index in [9.17, 15) is 28.5 Å². The molecule has 4 unspecified atom stereocenters. The molecule has 0 spiro atoms. The Labute approximate surface area is 255 Å². The first-order valence-electron chi connectivity index (χ1n) is 13.5. The Bertz CT molecular complexity index is 1900. The van der Waals surface area contributed by atoms with Crippen LogP contribution < -0.4 is 28.3 Å². The number of aromatic nitrogens is 8. The molecule has 0 bridgehead atoms. The first kappa shape index (κ1) is 31.2. The van der Waals surface area contributed by atoms with Crippen molar-refractivity contribution in [3.05, 3.63) is 39.2 Å². The lowest BCUT2D eigenvalue weighted by molar-refractivity contribution is -0.0661. The Hall–Kier alpha value is -3.44. The minimum absolute atomic E-state index is 0.0197. The fraction of sp³-hybridized carbons (Fsp3) is 0.524. The summed E-state index contributed by atoms with van der Waals surface area (Å²) >= 11 is 0. The standard InChI is InChI=1S/C21H27N11O12P2/c1-6-27-15-11(17(33)28-6)25-4-31(15)19-9(22)13-7(41-19)2-39-46(37,38)44-14-8(3-40-45(35,36)43-13)42-20(10(14)23)32-5-26-12-16(32)29-21(24)30-18(12)34/h4-5,7-10,13-14,19-20H,2-3,22-23H2,1H3,(H,35,36)(H,37,38)(H,27,28,33)(H3,24,29,30,34)/t7-,8-,9?,10?,13+,14+,19-,20-/m1/s1. The summed E-state index contributed by atoms with van der Waals surface area (Å²) in [6.45, 7) is 0.0896. The van der Waals surface area contributed by atoms with Gasteiger partial charge in [0.1, 0.15) is 30.2 Å². The maximum absolute atomic E-state index is 13.2. The molecule has 3 aliphatic heterocycles. The van der Waals surface area contributed by atoms with Crippen LogP contribution >= 0.6 is 15.6 Å². The Kier molecular flexibility index (Phi) is 7.51. The van der Waals surface area contributed by atoms with Gasteiger partial charge in [0.25, 0.3) is 11.1 Å². The van der Waals surface area contributed by atoms with E-state index < -0.39 is 88.9 Å². The Morgan fingerprint density at radius 1 is 0.826 bits per heavy atom. The van der Waals surface area contributed by atoms with Crippen LogP contribution in [-0.2, 0) is 36.7 Å². The van der Waals surface area contributed by atoms with Gasteiger partial charge < -0.3 is 41.4 Å². The van der Waals surface area contributed by atoms with Crippen molar-refractivity contribution >= 4 is 43.9 Å². The van der Waals surface area contributed by atoms with E-state index in [0.717, 1.165) is 0 Å². The zero-order valence-electron chi connectivity index (χ0n) is 23.5. The number of anilines is 1. The highest BCUT2D eigenvalue weighted by molar-refractivity contribution is 7.47. The molecule has 25 heteroatoms. The smallest absolute Gasteiger partial charge is 0.369 e. The molecule has 0 amide bonds. The molecule has 0 radical (unpaired) electrons. The summed E-state index contributed by atoms with van der Waals surface area (Å²) in [5, 5.41) is 0. The summed E-state index contributed by atoms with van der Waals surface area (Å²) in [7, 11) is -9.92. The molecule has 46 heavy (non-hydrogen) atoms. The van der Waals surface area contributed by atoms with Gasteiger partial charge in [-0.05, 0) is 6.92 Å². The molecule has 0 aromatic carbocycles. The molecular formula is C21H27N11O12P2. The number of nitrogens with one attached hydrogen (secondary N) is 2. The minimum atomic E-state index is -4.96. The summed E-state index contributed by atoms with van der Waals surface area (Å²) in [6.07, 6.45) is -5.61. The molecule has 23 nitrogen and oxygen atoms in total. The van der Waals surface area contributed by atoms with Gasteiger partial charge in [-0.3, -0.25) is 41.8 Å². The van der Waals surface area contributed by atoms with Crippen molar-refractivity contribution in [2.45, 2.75) is 55.9 Å². The summed E-state index contributed by atoms with van der Waals surface area (Å²) < 4.78 is 62.1. The Balaban J connectivity index is 1.18. The topological polar surface area (TPSA) is 335 Å². The molecule has 0 saturated carbocycles. The number of hydrogen-bond donors (Lipinski definition) is 7. The van der Waals surface area contributed by atoms with Crippen LogP contribution in [0, 0.1) is 6.92 Å². The molecule has 4 aromatic rings. The van der Waals surface area contributed by atoms with Crippen molar-refractivity contribution < 1.29 is 46.5 Å². The monoisotopic (exact) mass is 687 g/mol. The van der Waals surface area contributed by atoms with E-state index in [1.807, 2.05) is 0 Å². The second-order valence-electron chi connectivity index (χ2n) is 10.7. The zero-order valence-corrected chi connectivity index (χ0v) is 25.3. The Morgan fingerprint density at radius 3 is 1.78 bits per heavy atom. The fourth-order valence-electron chi connectivity index (χ4n) is 5.62. The molecule has 3 fully saturated rings. The molecule has 248 valence electrons. The van der Waals surface area contributed by atoms with Gasteiger partial charge in [0.2, 0.25) is 5.95 Å². The number of aromatic amines is 2. The molecular weight excluding hydrogens is 660 g/mol. The van der Waals surface area contributed by atoms with Gasteiger partial charge in [0.05, 0.1) is 38.0 Å². The van der Waals surface area contributed by atoms with Crippen LogP contribution in [0.1, 0.15) is 18.3 Å². The molecule has 3 aliphatic rings. The number of aryl methyl sites for hydroxylation is 1. The van der Waals surface area contributed by atoms with Gasteiger partial charge in [0, 0.05) is 0 Å². The molecule has 0 aliphatic carbocycles. The quantitative estimate of drug-likeness (QED) is 0.108. The highest BCUT2D eigenvalue weighted by Gasteiger charge is 2.53. The molecule has 7 heterocycles. The minimum Gasteiger partial charge on any atom is -0.369 e. The van der Waals surface area contributed by atoms with E-state index in [1.165, 1.54) is 21.8 Å². The summed E-state index contributed by atoms with van der Waals surface area (Å²) in [5.74, 6) is 0.0463. The number of phosphoric ester groups is 2. The van der Waals surface area contributed by atoms with Gasteiger partial charge in [0.15, 0.2) is 34.8 Å². The zero-order chi connectivity index (χ0) is 32.7. The summed E-state index contributed by atoms with van der Waals surface area (Å²) in [4.78, 5) is 67.2. The third-order valence-electron chi connectivity index (χ3n) is 7.64.